The lowest BCUT2D eigenvalue weighted by Crippen LogP contribution is -2.35. The van der Waals surface area contributed by atoms with Gasteiger partial charge in [0.1, 0.15) is 11.9 Å². The maximum atomic E-state index is 11.9. The average Bonchev–Trinajstić information content (AvgIpc) is 2.28. The van der Waals surface area contributed by atoms with Gasteiger partial charge < -0.3 is 15.5 Å². The average molecular weight is 266 g/mol. The standard InChI is InChI=1S/C10H10ClF2NO3/c11-6-3-5(1-2-7(6)15)10(17)14-4-8(16)9(12)13/h1-3,8-9,15-16H,4H2,(H,14,17). The molecule has 1 unspecified atom stereocenters. The minimum Gasteiger partial charge on any atom is -0.506 e. The number of halogens is 3. The number of phenolic OH excluding ortho intramolecular Hbond substituents is 1. The highest BCUT2D eigenvalue weighted by atomic mass is 35.5. The van der Waals surface area contributed by atoms with Crippen molar-refractivity contribution in [3.8, 4) is 5.75 Å². The van der Waals surface area contributed by atoms with Gasteiger partial charge in [0.2, 0.25) is 0 Å². The van der Waals surface area contributed by atoms with Crippen LogP contribution in [0.25, 0.3) is 0 Å². The van der Waals surface area contributed by atoms with Crippen LogP contribution < -0.4 is 5.32 Å². The summed E-state index contributed by atoms with van der Waals surface area (Å²) in [7, 11) is 0. The summed E-state index contributed by atoms with van der Waals surface area (Å²) in [5.41, 5.74) is 0.106. The van der Waals surface area contributed by atoms with Crippen molar-refractivity contribution in [2.45, 2.75) is 12.5 Å². The highest BCUT2D eigenvalue weighted by molar-refractivity contribution is 6.32. The van der Waals surface area contributed by atoms with Crippen molar-refractivity contribution < 1.29 is 23.8 Å². The van der Waals surface area contributed by atoms with Gasteiger partial charge in [-0.05, 0) is 18.2 Å². The largest absolute Gasteiger partial charge is 0.506 e. The molecule has 1 amide bonds. The maximum absolute atomic E-state index is 11.9. The molecule has 7 heteroatoms. The van der Waals surface area contributed by atoms with Crippen LogP contribution in [0.3, 0.4) is 0 Å². The summed E-state index contributed by atoms with van der Waals surface area (Å²) in [6.45, 7) is -0.561. The van der Waals surface area contributed by atoms with Gasteiger partial charge in [0.25, 0.3) is 12.3 Å². The Hall–Kier alpha value is -1.40. The van der Waals surface area contributed by atoms with Crippen LogP contribution in [-0.4, -0.2) is 35.2 Å². The molecule has 1 aromatic carbocycles. The van der Waals surface area contributed by atoms with E-state index in [4.69, 9.17) is 21.8 Å². The second kappa shape index (κ2) is 5.79. The van der Waals surface area contributed by atoms with Crippen LogP contribution in [0.5, 0.6) is 5.75 Å². The summed E-state index contributed by atoms with van der Waals surface area (Å²) in [5, 5.41) is 20.0. The lowest BCUT2D eigenvalue weighted by molar-refractivity contribution is -0.00270. The van der Waals surface area contributed by atoms with E-state index in [2.05, 4.69) is 5.32 Å². The predicted octanol–water partition coefficient (Wildman–Crippen LogP) is 1.40. The van der Waals surface area contributed by atoms with Gasteiger partial charge in [-0.25, -0.2) is 8.78 Å². The molecule has 4 nitrogen and oxygen atoms in total. The van der Waals surface area contributed by atoms with Gasteiger partial charge in [-0.15, -0.1) is 0 Å². The number of amides is 1. The zero-order valence-corrected chi connectivity index (χ0v) is 9.29. The van der Waals surface area contributed by atoms with Crippen LogP contribution in [0.4, 0.5) is 8.78 Å². The summed E-state index contributed by atoms with van der Waals surface area (Å²) in [6, 6.07) is 3.69. The predicted molar refractivity (Wildman–Crippen MR) is 57.5 cm³/mol. The molecule has 0 aliphatic heterocycles. The highest BCUT2D eigenvalue weighted by Crippen LogP contribution is 2.23. The Morgan fingerprint density at radius 3 is 2.65 bits per heavy atom. The molecule has 0 radical (unpaired) electrons. The number of benzene rings is 1. The number of nitrogens with one attached hydrogen (secondary N) is 1. The summed E-state index contributed by atoms with van der Waals surface area (Å²) >= 11 is 5.57. The van der Waals surface area contributed by atoms with E-state index in [9.17, 15) is 13.6 Å². The first-order valence-electron chi connectivity index (χ1n) is 4.64. The Kier molecular flexibility index (Phi) is 4.65. The number of phenols is 1. The number of aromatic hydroxyl groups is 1. The molecular weight excluding hydrogens is 256 g/mol. The molecule has 1 rings (SSSR count). The first-order chi connectivity index (χ1) is 7.91. The fraction of sp³-hybridized carbons (Fsp3) is 0.300. The molecule has 0 aliphatic carbocycles. The molecule has 0 spiro atoms. The zero-order chi connectivity index (χ0) is 13.0. The Labute approximate surface area is 101 Å². The fourth-order valence-electron chi connectivity index (χ4n) is 1.04. The lowest BCUT2D eigenvalue weighted by atomic mass is 10.2. The molecule has 0 saturated heterocycles. The third-order valence-corrected chi connectivity index (χ3v) is 2.28. The Balaban J connectivity index is 2.61. The number of carbonyl (C=O) groups excluding carboxylic acids is 1. The number of hydrogen-bond donors (Lipinski definition) is 3. The molecule has 1 atom stereocenters. The molecule has 17 heavy (non-hydrogen) atoms. The van der Waals surface area contributed by atoms with Crippen molar-refractivity contribution >= 4 is 17.5 Å². The lowest BCUT2D eigenvalue weighted by Gasteiger charge is -2.10. The van der Waals surface area contributed by atoms with Crippen molar-refractivity contribution in [2.75, 3.05) is 6.54 Å². The van der Waals surface area contributed by atoms with E-state index in [1.807, 2.05) is 0 Å². The first kappa shape index (κ1) is 13.7. The summed E-state index contributed by atoms with van der Waals surface area (Å²) in [5.74, 6) is -0.845. The smallest absolute Gasteiger partial charge is 0.265 e. The second-order valence-corrected chi connectivity index (χ2v) is 3.69. The number of alkyl halides is 2. The molecule has 0 aromatic heterocycles. The van der Waals surface area contributed by atoms with E-state index in [1.165, 1.54) is 18.2 Å². The van der Waals surface area contributed by atoms with Gasteiger partial charge in [0.15, 0.2) is 0 Å². The molecule has 0 fully saturated rings. The molecule has 3 N–H and O–H groups in total. The maximum Gasteiger partial charge on any atom is 0.265 e. The molecule has 94 valence electrons. The van der Waals surface area contributed by atoms with E-state index >= 15 is 0 Å². The summed E-state index contributed by atoms with van der Waals surface area (Å²) in [6.07, 6.45) is -4.83. The van der Waals surface area contributed by atoms with E-state index in [0.29, 0.717) is 0 Å². The minimum atomic E-state index is -2.92. The number of aliphatic hydroxyl groups excluding tert-OH is 1. The molecule has 0 heterocycles. The Bertz CT molecular complexity index is 415. The third-order valence-electron chi connectivity index (χ3n) is 1.97. The number of carbonyl (C=O) groups is 1. The monoisotopic (exact) mass is 265 g/mol. The quantitative estimate of drug-likeness (QED) is 0.771. The SMILES string of the molecule is O=C(NCC(O)C(F)F)c1ccc(O)c(Cl)c1. The van der Waals surface area contributed by atoms with Crippen molar-refractivity contribution in [1.29, 1.82) is 0 Å². The second-order valence-electron chi connectivity index (χ2n) is 3.28. The van der Waals surface area contributed by atoms with Crippen LogP contribution in [-0.2, 0) is 0 Å². The van der Waals surface area contributed by atoms with Gasteiger partial charge in [0, 0.05) is 12.1 Å². The van der Waals surface area contributed by atoms with Crippen LogP contribution in [0, 0.1) is 0 Å². The molecule has 1 aromatic rings. The fourth-order valence-corrected chi connectivity index (χ4v) is 1.22. The van der Waals surface area contributed by atoms with Gasteiger partial charge in [-0.2, -0.15) is 0 Å². The first-order valence-corrected chi connectivity index (χ1v) is 5.02. The van der Waals surface area contributed by atoms with Crippen LogP contribution in [0.15, 0.2) is 18.2 Å². The van der Waals surface area contributed by atoms with E-state index < -0.39 is 25.0 Å². The Morgan fingerprint density at radius 1 is 1.47 bits per heavy atom. The molecule has 0 bridgehead atoms. The molecular formula is C10H10ClF2NO3. The van der Waals surface area contributed by atoms with Crippen molar-refractivity contribution in [3.63, 3.8) is 0 Å². The zero-order valence-electron chi connectivity index (χ0n) is 8.53. The van der Waals surface area contributed by atoms with E-state index in [0.717, 1.165) is 0 Å². The van der Waals surface area contributed by atoms with Gasteiger partial charge in [0.05, 0.1) is 5.02 Å². The Morgan fingerprint density at radius 2 is 2.12 bits per heavy atom. The normalized spacial score (nSPS) is 12.5. The van der Waals surface area contributed by atoms with Crippen molar-refractivity contribution in [2.24, 2.45) is 0 Å². The summed E-state index contributed by atoms with van der Waals surface area (Å²) in [4.78, 5) is 11.4. The van der Waals surface area contributed by atoms with E-state index in [-0.39, 0.29) is 16.3 Å². The molecule has 0 aliphatic rings. The number of aliphatic hydroxyl groups is 1. The highest BCUT2D eigenvalue weighted by Gasteiger charge is 2.18. The topological polar surface area (TPSA) is 69.6 Å². The van der Waals surface area contributed by atoms with Crippen molar-refractivity contribution in [3.05, 3.63) is 28.8 Å². The summed E-state index contributed by atoms with van der Waals surface area (Å²) < 4.78 is 23.9. The van der Waals surface area contributed by atoms with Crippen LogP contribution in [0.1, 0.15) is 10.4 Å². The van der Waals surface area contributed by atoms with Crippen LogP contribution >= 0.6 is 11.6 Å². The number of hydrogen-bond acceptors (Lipinski definition) is 3. The van der Waals surface area contributed by atoms with Gasteiger partial charge >= 0.3 is 0 Å². The minimum absolute atomic E-state index is 0.0212. The van der Waals surface area contributed by atoms with Gasteiger partial charge in [-0.3, -0.25) is 4.79 Å². The van der Waals surface area contributed by atoms with Gasteiger partial charge in [-0.1, -0.05) is 11.6 Å². The molecule has 0 saturated carbocycles. The van der Waals surface area contributed by atoms with E-state index in [1.54, 1.807) is 0 Å². The third kappa shape index (κ3) is 3.83. The number of rotatable bonds is 4. The van der Waals surface area contributed by atoms with Crippen molar-refractivity contribution in [1.82, 2.24) is 5.32 Å². The van der Waals surface area contributed by atoms with Crippen LogP contribution in [0.2, 0.25) is 5.02 Å².